The van der Waals surface area contributed by atoms with E-state index in [1.165, 1.54) is 12.1 Å². The van der Waals surface area contributed by atoms with Gasteiger partial charge < -0.3 is 5.73 Å². The molecule has 6 heteroatoms. The van der Waals surface area contributed by atoms with Gasteiger partial charge in [-0.1, -0.05) is 38.1 Å². The Bertz CT molecular complexity index is 1260. The number of amidine groups is 1. The zero-order valence-corrected chi connectivity index (χ0v) is 17.3. The summed E-state index contributed by atoms with van der Waals surface area (Å²) in [5, 5.41) is 10.2. The molecule has 0 unspecified atom stereocenters. The molecule has 0 saturated heterocycles. The van der Waals surface area contributed by atoms with Gasteiger partial charge >= 0.3 is 0 Å². The SMILES string of the molecule is CC1(C)CC(=O)C2=C(C1)N1C(=C(C#N)[C@H]2c2ccc(F)cc2)N=C(N)c2ccccc21. The maximum Gasteiger partial charge on any atom is 0.162 e. The lowest BCUT2D eigenvalue weighted by Crippen LogP contribution is -2.42. The highest BCUT2D eigenvalue weighted by molar-refractivity contribution is 6.08. The molecule has 2 N–H and O–H groups in total. The Labute approximate surface area is 180 Å². The third-order valence-corrected chi connectivity index (χ3v) is 6.17. The number of aliphatic imine (C=N–C) groups is 1. The van der Waals surface area contributed by atoms with Crippen molar-refractivity contribution >= 4 is 17.3 Å². The van der Waals surface area contributed by atoms with Gasteiger partial charge in [-0.25, -0.2) is 9.38 Å². The zero-order valence-electron chi connectivity index (χ0n) is 17.3. The summed E-state index contributed by atoms with van der Waals surface area (Å²) in [5.74, 6) is -0.189. The van der Waals surface area contributed by atoms with Gasteiger partial charge in [0.05, 0.1) is 23.2 Å². The van der Waals surface area contributed by atoms with Crippen molar-refractivity contribution in [2.24, 2.45) is 16.1 Å². The largest absolute Gasteiger partial charge is 0.383 e. The average Bonchev–Trinajstić information content (AvgIpc) is 2.72. The van der Waals surface area contributed by atoms with Gasteiger partial charge in [0.2, 0.25) is 0 Å². The number of carbonyl (C=O) groups is 1. The number of hydrogen-bond donors (Lipinski definition) is 1. The second-order valence-corrected chi connectivity index (χ2v) is 8.98. The normalized spacial score (nSPS) is 21.7. The van der Waals surface area contributed by atoms with E-state index in [0.29, 0.717) is 41.2 Å². The first kappa shape index (κ1) is 19.3. The van der Waals surface area contributed by atoms with Crippen LogP contribution in [0.1, 0.15) is 43.7 Å². The first-order chi connectivity index (χ1) is 14.8. The minimum absolute atomic E-state index is 0.00683. The maximum atomic E-state index is 13.6. The number of rotatable bonds is 1. The lowest BCUT2D eigenvalue weighted by molar-refractivity contribution is -0.118. The van der Waals surface area contributed by atoms with Crippen LogP contribution in [0.15, 0.2) is 76.2 Å². The lowest BCUT2D eigenvalue weighted by atomic mass is 9.68. The minimum Gasteiger partial charge on any atom is -0.383 e. The molecular formula is C25H21FN4O. The van der Waals surface area contributed by atoms with Crippen LogP contribution in [-0.2, 0) is 4.79 Å². The summed E-state index contributed by atoms with van der Waals surface area (Å²) in [7, 11) is 0. The number of nitrogens with two attached hydrogens (primary N) is 1. The average molecular weight is 412 g/mol. The van der Waals surface area contributed by atoms with Crippen LogP contribution < -0.4 is 10.6 Å². The van der Waals surface area contributed by atoms with Crippen molar-refractivity contribution in [3.8, 4) is 6.07 Å². The van der Waals surface area contributed by atoms with Crippen molar-refractivity contribution in [1.29, 1.82) is 5.26 Å². The third kappa shape index (κ3) is 2.89. The van der Waals surface area contributed by atoms with Crippen LogP contribution >= 0.6 is 0 Å². The molecule has 0 fully saturated rings. The van der Waals surface area contributed by atoms with E-state index in [-0.39, 0.29) is 17.0 Å². The number of benzene rings is 2. The molecule has 2 aromatic carbocycles. The van der Waals surface area contributed by atoms with E-state index in [1.54, 1.807) is 12.1 Å². The van der Waals surface area contributed by atoms with Gasteiger partial charge in [0.1, 0.15) is 11.7 Å². The highest BCUT2D eigenvalue weighted by Crippen LogP contribution is 2.52. The molecule has 5 rings (SSSR count). The van der Waals surface area contributed by atoms with Crippen molar-refractivity contribution < 1.29 is 9.18 Å². The molecule has 31 heavy (non-hydrogen) atoms. The van der Waals surface area contributed by atoms with Gasteiger partial charge in [-0.05, 0) is 41.7 Å². The summed E-state index contributed by atoms with van der Waals surface area (Å²) < 4.78 is 13.6. The van der Waals surface area contributed by atoms with E-state index in [9.17, 15) is 14.4 Å². The summed E-state index contributed by atoms with van der Waals surface area (Å²) in [6, 6.07) is 15.9. The molecule has 0 bridgehead atoms. The number of allylic oxidation sites excluding steroid dienone is 3. The topological polar surface area (TPSA) is 82.5 Å². The highest BCUT2D eigenvalue weighted by atomic mass is 19.1. The third-order valence-electron chi connectivity index (χ3n) is 6.17. The molecule has 2 heterocycles. The summed E-state index contributed by atoms with van der Waals surface area (Å²) in [4.78, 5) is 20.0. The lowest BCUT2D eigenvalue weighted by Gasteiger charge is -2.45. The number of ketones is 1. The molecule has 0 amide bonds. The monoisotopic (exact) mass is 412 g/mol. The number of nitrogens with zero attached hydrogens (tertiary/aromatic N) is 3. The molecule has 0 aromatic heterocycles. The first-order valence-electron chi connectivity index (χ1n) is 10.2. The van der Waals surface area contributed by atoms with E-state index in [2.05, 4.69) is 24.9 Å². The van der Waals surface area contributed by atoms with E-state index >= 15 is 0 Å². The second-order valence-electron chi connectivity index (χ2n) is 8.98. The van der Waals surface area contributed by atoms with Gasteiger partial charge in [0.15, 0.2) is 11.6 Å². The van der Waals surface area contributed by atoms with Gasteiger partial charge in [-0.15, -0.1) is 0 Å². The van der Waals surface area contributed by atoms with Crippen LogP contribution in [0.5, 0.6) is 0 Å². The Kier molecular flexibility index (Phi) is 4.13. The fourth-order valence-electron chi connectivity index (χ4n) is 4.88. The van der Waals surface area contributed by atoms with Crippen LogP contribution in [0, 0.1) is 22.6 Å². The van der Waals surface area contributed by atoms with Crippen molar-refractivity contribution in [1.82, 2.24) is 0 Å². The summed E-state index contributed by atoms with van der Waals surface area (Å²) in [6.07, 6.45) is 1.04. The minimum atomic E-state index is -0.600. The van der Waals surface area contributed by atoms with E-state index in [0.717, 1.165) is 16.9 Å². The Morgan fingerprint density at radius 3 is 2.58 bits per heavy atom. The number of para-hydroxylation sites is 1. The Hall–Kier alpha value is -3.72. The molecule has 5 nitrogen and oxygen atoms in total. The first-order valence-corrected chi connectivity index (χ1v) is 10.2. The Morgan fingerprint density at radius 1 is 1.16 bits per heavy atom. The number of hydrogen-bond acceptors (Lipinski definition) is 5. The van der Waals surface area contributed by atoms with E-state index in [4.69, 9.17) is 5.73 Å². The number of carbonyl (C=O) groups excluding carboxylic acids is 1. The molecular weight excluding hydrogens is 391 g/mol. The van der Waals surface area contributed by atoms with E-state index in [1.807, 2.05) is 29.2 Å². The fraction of sp³-hybridized carbons (Fsp3) is 0.240. The number of fused-ring (bicyclic) bond motifs is 4. The van der Waals surface area contributed by atoms with Crippen LogP contribution in [0.2, 0.25) is 0 Å². The Morgan fingerprint density at radius 2 is 1.87 bits per heavy atom. The molecule has 3 aliphatic rings. The van der Waals surface area contributed by atoms with Crippen LogP contribution in [0.25, 0.3) is 0 Å². The molecule has 1 aliphatic carbocycles. The molecule has 2 aromatic rings. The van der Waals surface area contributed by atoms with Gasteiger partial charge in [-0.2, -0.15) is 5.26 Å². The molecule has 154 valence electrons. The predicted octanol–water partition coefficient (Wildman–Crippen LogP) is 4.53. The number of nitriles is 1. The van der Waals surface area contributed by atoms with Crippen molar-refractivity contribution in [3.63, 3.8) is 0 Å². The number of anilines is 1. The predicted molar refractivity (Wildman–Crippen MR) is 116 cm³/mol. The van der Waals surface area contributed by atoms with Crippen LogP contribution in [0.3, 0.4) is 0 Å². The van der Waals surface area contributed by atoms with Crippen LogP contribution in [0.4, 0.5) is 10.1 Å². The maximum absolute atomic E-state index is 13.6. The van der Waals surface area contributed by atoms with Crippen molar-refractivity contribution in [3.05, 3.63) is 88.1 Å². The van der Waals surface area contributed by atoms with Gasteiger partial charge in [0.25, 0.3) is 0 Å². The van der Waals surface area contributed by atoms with Crippen molar-refractivity contribution in [2.45, 2.75) is 32.6 Å². The summed E-state index contributed by atoms with van der Waals surface area (Å²) >= 11 is 0. The smallest absolute Gasteiger partial charge is 0.162 e. The molecule has 2 aliphatic heterocycles. The summed E-state index contributed by atoms with van der Waals surface area (Å²) in [5.41, 5.74) is 10.1. The number of halogens is 1. The van der Waals surface area contributed by atoms with E-state index < -0.39 is 5.92 Å². The van der Waals surface area contributed by atoms with Gasteiger partial charge in [0, 0.05) is 23.3 Å². The zero-order chi connectivity index (χ0) is 21.9. The molecule has 1 atom stereocenters. The second kappa shape index (κ2) is 6.64. The van der Waals surface area contributed by atoms with Gasteiger partial charge in [-0.3, -0.25) is 9.69 Å². The quantitative estimate of drug-likeness (QED) is 0.746. The fourth-order valence-corrected chi connectivity index (χ4v) is 4.88. The van der Waals surface area contributed by atoms with Crippen molar-refractivity contribution in [2.75, 3.05) is 4.90 Å². The van der Waals surface area contributed by atoms with Crippen LogP contribution in [-0.4, -0.2) is 11.6 Å². The molecule has 0 saturated carbocycles. The summed E-state index contributed by atoms with van der Waals surface area (Å²) in [6.45, 7) is 4.14. The Balaban J connectivity index is 1.84. The number of Topliss-reactive ketones (excluding diaryl/α,β-unsaturated/α-hetero) is 1. The highest BCUT2D eigenvalue weighted by Gasteiger charge is 2.46. The standard InChI is InChI=1S/C25H21FN4O/c1-25(2)11-19-22(20(31)12-25)21(14-7-9-15(26)10-8-14)17(13-27)24-29-23(28)16-5-3-4-6-18(16)30(19)24/h3-10,21H,11-12H2,1-2H3,(H2,28,29)/t21-/m1/s1. The molecule has 0 radical (unpaired) electrons. The molecule has 0 spiro atoms.